The molecule has 0 radical (unpaired) electrons. The van der Waals surface area contributed by atoms with E-state index in [2.05, 4.69) is 0 Å². The van der Waals surface area contributed by atoms with Crippen molar-refractivity contribution in [2.45, 2.75) is 83.8 Å². The van der Waals surface area contributed by atoms with Crippen molar-refractivity contribution >= 4 is 22.1 Å². The Labute approximate surface area is 207 Å². The summed E-state index contributed by atoms with van der Waals surface area (Å²) in [6, 6.07) is 0. The average Bonchev–Trinajstić information content (AvgIpc) is 2.50. The Morgan fingerprint density at radius 1 is 0.889 bits per heavy atom. The summed E-state index contributed by atoms with van der Waals surface area (Å²) < 4.78 is 32.2. The first kappa shape index (κ1) is 29.7. The molecule has 0 rings (SSSR count). The monoisotopic (exact) mass is 434 g/mol. The predicted octanol–water partition coefficient (Wildman–Crippen LogP) is 0.948. The maximum absolute atomic E-state index is 12.5. The first-order valence-electron chi connectivity index (χ1n) is 9.49. The molecule has 0 aliphatic carbocycles. The molecule has 3 N–H and O–H groups in total. The molecule has 0 aliphatic heterocycles. The van der Waals surface area contributed by atoms with E-state index in [1.807, 2.05) is 13.8 Å². The fourth-order valence-corrected chi connectivity index (χ4v) is 5.76. The second kappa shape index (κ2) is 13.7. The van der Waals surface area contributed by atoms with Crippen LogP contribution in [0.4, 0.5) is 0 Å². The molecule has 0 aromatic rings. The summed E-state index contributed by atoms with van der Waals surface area (Å²) in [6.45, 7) is 7.25. The SMILES string of the molecule is CCCC(CCC)C(C(=O)O)C(C(=O)O)(C(CCC)CCC)S(=O)(=O)O.[H-].[K+]. The van der Waals surface area contributed by atoms with Gasteiger partial charge in [-0.05, 0) is 37.5 Å². The van der Waals surface area contributed by atoms with Gasteiger partial charge in [0.15, 0.2) is 0 Å². The zero-order valence-electron chi connectivity index (χ0n) is 18.3. The van der Waals surface area contributed by atoms with Gasteiger partial charge in [0.05, 0.1) is 5.92 Å². The summed E-state index contributed by atoms with van der Waals surface area (Å²) in [6.07, 6.45) is 3.40. The Kier molecular flexibility index (Phi) is 15.0. The van der Waals surface area contributed by atoms with Crippen LogP contribution in [0, 0.1) is 17.8 Å². The molecule has 0 spiro atoms. The third-order valence-electron chi connectivity index (χ3n) is 5.16. The van der Waals surface area contributed by atoms with Crippen LogP contribution in [-0.2, 0) is 19.7 Å². The standard InChI is InChI=1S/C18H34O7S.K.H/c1-5-9-13(10-6-2)15(16(19)20)18(17(21)22,26(23,24)25)14(11-7-3)12-8-4;;/h13-15H,5-12H2,1-4H3,(H,19,20)(H,21,22)(H,23,24,25);;/q;+1;-1. The van der Waals surface area contributed by atoms with Gasteiger partial charge in [0, 0.05) is 0 Å². The summed E-state index contributed by atoms with van der Waals surface area (Å²) in [5.74, 6) is -6.55. The summed E-state index contributed by atoms with van der Waals surface area (Å²) in [7, 11) is -5.18. The van der Waals surface area contributed by atoms with Crippen molar-refractivity contribution in [1.82, 2.24) is 0 Å². The maximum atomic E-state index is 12.5. The van der Waals surface area contributed by atoms with Crippen LogP contribution in [-0.4, -0.2) is 39.9 Å². The van der Waals surface area contributed by atoms with E-state index in [1.54, 1.807) is 13.8 Å². The fraction of sp³-hybridized carbons (Fsp3) is 0.889. The van der Waals surface area contributed by atoms with Crippen LogP contribution >= 0.6 is 0 Å². The second-order valence-corrected chi connectivity index (χ2v) is 8.63. The number of carboxylic acids is 2. The fourth-order valence-electron chi connectivity index (χ4n) is 4.27. The molecule has 0 aromatic carbocycles. The molecule has 27 heavy (non-hydrogen) atoms. The van der Waals surface area contributed by atoms with Crippen LogP contribution in [0.2, 0.25) is 0 Å². The number of hydrogen-bond acceptors (Lipinski definition) is 4. The number of rotatable bonds is 14. The van der Waals surface area contributed by atoms with Crippen LogP contribution in [0.5, 0.6) is 0 Å². The Balaban J connectivity index is -0.00000312. The van der Waals surface area contributed by atoms with E-state index in [0.29, 0.717) is 38.5 Å². The molecule has 0 saturated carbocycles. The molecule has 0 aromatic heterocycles. The van der Waals surface area contributed by atoms with Crippen LogP contribution in [0.1, 0.15) is 80.5 Å². The first-order valence-corrected chi connectivity index (χ1v) is 10.9. The average molecular weight is 435 g/mol. The molecule has 0 amide bonds. The molecule has 2 atom stereocenters. The largest absolute Gasteiger partial charge is 1.00 e. The summed E-state index contributed by atoms with van der Waals surface area (Å²) >= 11 is 0. The molecule has 0 saturated heterocycles. The Morgan fingerprint density at radius 3 is 1.48 bits per heavy atom. The van der Waals surface area contributed by atoms with Crippen LogP contribution in [0.25, 0.3) is 0 Å². The molecule has 7 nitrogen and oxygen atoms in total. The molecule has 9 heteroatoms. The van der Waals surface area contributed by atoms with Gasteiger partial charge in [-0.2, -0.15) is 8.42 Å². The van der Waals surface area contributed by atoms with E-state index < -0.39 is 44.6 Å². The van der Waals surface area contributed by atoms with Crippen molar-refractivity contribution < 1.29 is 85.6 Å². The minimum absolute atomic E-state index is 0. The van der Waals surface area contributed by atoms with Crippen molar-refractivity contribution in [2.24, 2.45) is 17.8 Å². The van der Waals surface area contributed by atoms with Crippen LogP contribution in [0.3, 0.4) is 0 Å². The zero-order chi connectivity index (χ0) is 20.5. The van der Waals surface area contributed by atoms with Crippen molar-refractivity contribution in [3.8, 4) is 0 Å². The van der Waals surface area contributed by atoms with Gasteiger partial charge in [-0.15, -0.1) is 0 Å². The quantitative estimate of drug-likeness (QED) is 0.274. The number of carboxylic acid groups (broad SMARTS) is 2. The van der Waals surface area contributed by atoms with Gasteiger partial charge in [-0.3, -0.25) is 14.1 Å². The van der Waals surface area contributed by atoms with E-state index in [1.165, 1.54) is 0 Å². The van der Waals surface area contributed by atoms with Crippen LogP contribution < -0.4 is 51.4 Å². The van der Waals surface area contributed by atoms with Crippen molar-refractivity contribution in [3.63, 3.8) is 0 Å². The van der Waals surface area contributed by atoms with E-state index in [4.69, 9.17) is 0 Å². The Morgan fingerprint density at radius 2 is 1.26 bits per heavy atom. The molecule has 156 valence electrons. The van der Waals surface area contributed by atoms with Gasteiger partial charge in [0.1, 0.15) is 0 Å². The normalized spacial score (nSPS) is 15.2. The van der Waals surface area contributed by atoms with Gasteiger partial charge in [-0.25, -0.2) is 0 Å². The summed E-state index contributed by atoms with van der Waals surface area (Å²) in [4.78, 5) is 24.5. The summed E-state index contributed by atoms with van der Waals surface area (Å²) in [5, 5.41) is 19.9. The minimum Gasteiger partial charge on any atom is -1.00 e. The van der Waals surface area contributed by atoms with E-state index in [0.717, 1.165) is 0 Å². The molecular formula is C18H35KO7S. The minimum atomic E-state index is -5.18. The van der Waals surface area contributed by atoms with E-state index in [-0.39, 0.29) is 65.7 Å². The number of aliphatic carboxylic acids is 2. The maximum Gasteiger partial charge on any atom is 1.00 e. The summed E-state index contributed by atoms with van der Waals surface area (Å²) in [5.41, 5.74) is 0. The van der Waals surface area contributed by atoms with Crippen molar-refractivity contribution in [3.05, 3.63) is 0 Å². The van der Waals surface area contributed by atoms with Gasteiger partial charge in [-0.1, -0.05) is 53.4 Å². The topological polar surface area (TPSA) is 129 Å². The van der Waals surface area contributed by atoms with Gasteiger partial charge in [0.25, 0.3) is 10.1 Å². The molecule has 0 aliphatic rings. The molecule has 2 unspecified atom stereocenters. The van der Waals surface area contributed by atoms with Crippen LogP contribution in [0.15, 0.2) is 0 Å². The number of hydrogen-bond donors (Lipinski definition) is 3. The molecule has 0 fully saturated rings. The molecular weight excluding hydrogens is 399 g/mol. The van der Waals surface area contributed by atoms with Gasteiger partial charge >= 0.3 is 63.3 Å². The van der Waals surface area contributed by atoms with Gasteiger partial charge in [0.2, 0.25) is 4.75 Å². The first-order chi connectivity index (χ1) is 12.1. The van der Waals surface area contributed by atoms with Crippen molar-refractivity contribution in [1.29, 1.82) is 0 Å². The van der Waals surface area contributed by atoms with Crippen molar-refractivity contribution in [2.75, 3.05) is 0 Å². The Hall–Kier alpha value is 0.486. The zero-order valence-corrected chi connectivity index (χ0v) is 21.2. The third-order valence-corrected chi connectivity index (χ3v) is 6.78. The van der Waals surface area contributed by atoms with Gasteiger partial charge < -0.3 is 11.6 Å². The molecule has 0 heterocycles. The smallest absolute Gasteiger partial charge is 1.00 e. The molecule has 0 bridgehead atoms. The predicted molar refractivity (Wildman–Crippen MR) is 101 cm³/mol. The van der Waals surface area contributed by atoms with E-state index >= 15 is 0 Å². The third kappa shape index (κ3) is 7.04. The second-order valence-electron chi connectivity index (χ2n) is 7.00. The Bertz CT molecular complexity index is 558. The van der Waals surface area contributed by atoms with E-state index in [9.17, 15) is 32.8 Å². The number of carbonyl (C=O) groups is 2.